The quantitative estimate of drug-likeness (QED) is 0.912. The van der Waals surface area contributed by atoms with E-state index in [1.807, 2.05) is 6.07 Å². The van der Waals surface area contributed by atoms with Crippen LogP contribution in [-0.2, 0) is 16.0 Å². The molecule has 0 saturated heterocycles. The minimum atomic E-state index is -0.614. The van der Waals surface area contributed by atoms with Crippen molar-refractivity contribution in [3.63, 3.8) is 0 Å². The summed E-state index contributed by atoms with van der Waals surface area (Å²) in [5, 5.41) is 11.2. The van der Waals surface area contributed by atoms with Crippen molar-refractivity contribution in [2.45, 2.75) is 32.8 Å². The van der Waals surface area contributed by atoms with Gasteiger partial charge in [-0.1, -0.05) is 12.1 Å². The average molecular weight is 274 g/mol. The summed E-state index contributed by atoms with van der Waals surface area (Å²) in [6.07, 6.45) is -0.442. The Hall–Kier alpha value is -2.35. The monoisotopic (exact) mass is 274 g/mol. The molecule has 0 saturated carbocycles. The summed E-state index contributed by atoms with van der Waals surface area (Å²) in [5.41, 5.74) is 0.671. The maximum atomic E-state index is 11.7. The number of ether oxygens (including phenoxy) is 1. The summed E-state index contributed by atoms with van der Waals surface area (Å²) in [6.45, 7) is 5.16. The molecule has 0 aliphatic rings. The number of alkyl carbamates (subject to hydrolysis) is 1. The normalized spacial score (nSPS) is 10.5. The fourth-order valence-corrected chi connectivity index (χ4v) is 1.53. The highest BCUT2D eigenvalue weighted by molar-refractivity contribution is 5.85. The number of hydrogen-bond donors (Lipinski definition) is 1. The molecular weight excluding hydrogens is 256 g/mol. The van der Waals surface area contributed by atoms with Crippen LogP contribution in [0.15, 0.2) is 24.3 Å². The van der Waals surface area contributed by atoms with Gasteiger partial charge < -0.3 is 10.1 Å². The Bertz CT molecular complexity index is 539. The summed E-state index contributed by atoms with van der Waals surface area (Å²) in [4.78, 5) is 23.1. The topological polar surface area (TPSA) is 79.2 Å². The van der Waals surface area contributed by atoms with Gasteiger partial charge >= 0.3 is 6.09 Å². The largest absolute Gasteiger partial charge is 0.444 e. The van der Waals surface area contributed by atoms with Gasteiger partial charge in [-0.05, 0) is 38.5 Å². The first kappa shape index (κ1) is 15.7. The van der Waals surface area contributed by atoms with E-state index in [9.17, 15) is 9.59 Å². The molecule has 0 bridgehead atoms. The number of hydrogen-bond acceptors (Lipinski definition) is 4. The second-order valence-corrected chi connectivity index (χ2v) is 5.38. The van der Waals surface area contributed by atoms with Crippen LogP contribution in [0.3, 0.4) is 0 Å². The van der Waals surface area contributed by atoms with E-state index in [1.54, 1.807) is 45.0 Å². The molecule has 5 nitrogen and oxygen atoms in total. The predicted molar refractivity (Wildman–Crippen MR) is 74.1 cm³/mol. The Kier molecular flexibility index (Phi) is 5.27. The van der Waals surface area contributed by atoms with Crippen LogP contribution in [0.25, 0.3) is 0 Å². The van der Waals surface area contributed by atoms with E-state index in [1.165, 1.54) is 0 Å². The van der Waals surface area contributed by atoms with Crippen molar-refractivity contribution in [3.05, 3.63) is 35.4 Å². The Balaban J connectivity index is 2.44. The predicted octanol–water partition coefficient (Wildman–Crippen LogP) is 2.19. The number of ketones is 1. The minimum Gasteiger partial charge on any atom is -0.444 e. The van der Waals surface area contributed by atoms with Crippen molar-refractivity contribution in [2.75, 3.05) is 6.54 Å². The molecular formula is C15H18N2O3. The van der Waals surface area contributed by atoms with Crippen LogP contribution in [0.2, 0.25) is 0 Å². The van der Waals surface area contributed by atoms with E-state index in [2.05, 4.69) is 5.32 Å². The molecule has 0 aromatic heterocycles. The number of benzene rings is 1. The molecule has 5 heteroatoms. The van der Waals surface area contributed by atoms with Crippen LogP contribution < -0.4 is 5.32 Å². The zero-order valence-electron chi connectivity index (χ0n) is 11.9. The first-order chi connectivity index (χ1) is 9.30. The Morgan fingerprint density at radius 2 is 2.05 bits per heavy atom. The van der Waals surface area contributed by atoms with Crippen molar-refractivity contribution in [1.82, 2.24) is 5.32 Å². The molecule has 0 aliphatic heterocycles. The van der Waals surface area contributed by atoms with Crippen molar-refractivity contribution < 1.29 is 14.3 Å². The standard InChI is InChI=1S/C15H18N2O3/c1-15(2,3)20-14(19)17-10-13(18)8-11-5-4-6-12(7-11)9-16/h4-7H,8,10H2,1-3H3,(H,17,19). The molecule has 106 valence electrons. The maximum absolute atomic E-state index is 11.7. The molecule has 0 unspecified atom stereocenters. The first-order valence-corrected chi connectivity index (χ1v) is 6.28. The van der Waals surface area contributed by atoms with Crippen molar-refractivity contribution in [2.24, 2.45) is 0 Å². The highest BCUT2D eigenvalue weighted by atomic mass is 16.6. The number of rotatable bonds is 4. The molecule has 1 aromatic carbocycles. The fraction of sp³-hybridized carbons (Fsp3) is 0.400. The number of nitrogens with zero attached hydrogens (tertiary/aromatic N) is 1. The molecule has 0 heterocycles. The van der Waals surface area contributed by atoms with Gasteiger partial charge in [0.25, 0.3) is 0 Å². The third-order valence-electron chi connectivity index (χ3n) is 2.29. The molecule has 0 atom stereocenters. The van der Waals surface area contributed by atoms with Gasteiger partial charge in [-0.3, -0.25) is 4.79 Å². The zero-order valence-corrected chi connectivity index (χ0v) is 11.9. The van der Waals surface area contributed by atoms with Gasteiger partial charge in [-0.15, -0.1) is 0 Å². The third-order valence-corrected chi connectivity index (χ3v) is 2.29. The van der Waals surface area contributed by atoms with Gasteiger partial charge in [0.05, 0.1) is 18.2 Å². The molecule has 20 heavy (non-hydrogen) atoms. The van der Waals surface area contributed by atoms with Crippen LogP contribution in [0, 0.1) is 11.3 Å². The lowest BCUT2D eigenvalue weighted by molar-refractivity contribution is -0.117. The lowest BCUT2D eigenvalue weighted by Gasteiger charge is -2.19. The van der Waals surface area contributed by atoms with E-state index in [0.717, 1.165) is 5.56 Å². The van der Waals surface area contributed by atoms with E-state index >= 15 is 0 Å². The van der Waals surface area contributed by atoms with Crippen molar-refractivity contribution >= 4 is 11.9 Å². The lowest BCUT2D eigenvalue weighted by Crippen LogP contribution is -2.35. The van der Waals surface area contributed by atoms with Gasteiger partial charge in [0.1, 0.15) is 5.60 Å². The molecule has 0 aliphatic carbocycles. The van der Waals surface area contributed by atoms with Crippen LogP contribution in [0.1, 0.15) is 31.9 Å². The van der Waals surface area contributed by atoms with Gasteiger partial charge in [0.15, 0.2) is 5.78 Å². The number of Topliss-reactive ketones (excluding diaryl/α,β-unsaturated/α-hetero) is 1. The smallest absolute Gasteiger partial charge is 0.408 e. The van der Waals surface area contributed by atoms with E-state index in [4.69, 9.17) is 10.00 Å². The third kappa shape index (κ3) is 6.01. The molecule has 1 aromatic rings. The fourth-order valence-electron chi connectivity index (χ4n) is 1.53. The summed E-state index contributed by atoms with van der Waals surface area (Å²) in [7, 11) is 0. The van der Waals surface area contributed by atoms with Crippen LogP contribution >= 0.6 is 0 Å². The van der Waals surface area contributed by atoms with Gasteiger partial charge in [-0.25, -0.2) is 4.79 Å². The van der Waals surface area contributed by atoms with Crippen LogP contribution in [-0.4, -0.2) is 24.0 Å². The molecule has 0 radical (unpaired) electrons. The average Bonchev–Trinajstić information content (AvgIpc) is 2.34. The summed E-state index contributed by atoms with van der Waals surface area (Å²) in [5.74, 6) is -0.147. The molecule has 0 fully saturated rings. The molecule has 1 N–H and O–H groups in total. The van der Waals surface area contributed by atoms with Crippen LogP contribution in [0.4, 0.5) is 4.79 Å². The highest BCUT2D eigenvalue weighted by Crippen LogP contribution is 2.07. The minimum absolute atomic E-state index is 0.0916. The van der Waals surface area contributed by atoms with E-state index < -0.39 is 11.7 Å². The molecule has 0 spiro atoms. The van der Waals surface area contributed by atoms with Crippen molar-refractivity contribution in [1.29, 1.82) is 5.26 Å². The zero-order chi connectivity index (χ0) is 15.2. The van der Waals surface area contributed by atoms with E-state index in [-0.39, 0.29) is 18.7 Å². The van der Waals surface area contributed by atoms with Crippen molar-refractivity contribution in [3.8, 4) is 6.07 Å². The summed E-state index contributed by atoms with van der Waals surface area (Å²) < 4.78 is 5.03. The number of carbonyl (C=O) groups is 2. The second kappa shape index (κ2) is 6.71. The van der Waals surface area contributed by atoms with Crippen LogP contribution in [0.5, 0.6) is 0 Å². The Morgan fingerprint density at radius 1 is 1.35 bits per heavy atom. The number of nitriles is 1. The summed E-state index contributed by atoms with van der Waals surface area (Å²) in [6, 6.07) is 8.84. The second-order valence-electron chi connectivity index (χ2n) is 5.38. The number of amides is 1. The van der Waals surface area contributed by atoms with Gasteiger partial charge in [-0.2, -0.15) is 5.26 Å². The van der Waals surface area contributed by atoms with Gasteiger partial charge in [0.2, 0.25) is 0 Å². The van der Waals surface area contributed by atoms with E-state index in [0.29, 0.717) is 5.56 Å². The Morgan fingerprint density at radius 3 is 2.65 bits per heavy atom. The number of nitrogens with one attached hydrogen (secondary N) is 1. The molecule has 1 rings (SSSR count). The summed E-state index contributed by atoms with van der Waals surface area (Å²) >= 11 is 0. The maximum Gasteiger partial charge on any atom is 0.408 e. The highest BCUT2D eigenvalue weighted by Gasteiger charge is 2.16. The molecule has 1 amide bonds. The lowest BCUT2D eigenvalue weighted by atomic mass is 10.1. The first-order valence-electron chi connectivity index (χ1n) is 6.28. The number of carbonyl (C=O) groups excluding carboxylic acids is 2. The SMILES string of the molecule is CC(C)(C)OC(=O)NCC(=O)Cc1cccc(C#N)c1. The van der Waals surface area contributed by atoms with Gasteiger partial charge in [0, 0.05) is 6.42 Å². The Labute approximate surface area is 118 Å².